The standard InChI is InChI=1S/C14H18ClN5S/c1-4-10-13-14(19(3)18-10)20(11(17-13)5-6-15)8-12-16-7-9(2)21-12/h7H,4-6,8H2,1-3H3. The molecule has 112 valence electrons. The molecule has 0 bridgehead atoms. The molecule has 3 heterocycles. The Morgan fingerprint density at radius 3 is 2.81 bits per heavy atom. The number of alkyl halides is 1. The fourth-order valence-corrected chi connectivity index (χ4v) is 3.52. The lowest BCUT2D eigenvalue weighted by atomic mass is 10.3. The van der Waals surface area contributed by atoms with Gasteiger partial charge in [0.1, 0.15) is 16.3 Å². The number of halogens is 1. The van der Waals surface area contributed by atoms with E-state index in [2.05, 4.69) is 28.5 Å². The van der Waals surface area contributed by atoms with Crippen molar-refractivity contribution in [3.05, 3.63) is 27.6 Å². The topological polar surface area (TPSA) is 48.5 Å². The highest BCUT2D eigenvalue weighted by molar-refractivity contribution is 7.11. The van der Waals surface area contributed by atoms with Crippen molar-refractivity contribution in [3.8, 4) is 0 Å². The van der Waals surface area contributed by atoms with E-state index >= 15 is 0 Å². The average Bonchev–Trinajstić information content (AvgIpc) is 3.09. The van der Waals surface area contributed by atoms with Gasteiger partial charge in [-0.15, -0.1) is 22.9 Å². The minimum Gasteiger partial charge on any atom is -0.306 e. The smallest absolute Gasteiger partial charge is 0.159 e. The highest BCUT2D eigenvalue weighted by Crippen LogP contribution is 2.23. The predicted octanol–water partition coefficient (Wildman–Crippen LogP) is 2.93. The van der Waals surface area contributed by atoms with Gasteiger partial charge in [-0.25, -0.2) is 9.97 Å². The SMILES string of the molecule is CCc1nn(C)c2c1nc(CCCl)n2Cc1ncc(C)s1. The van der Waals surface area contributed by atoms with Crippen LogP contribution < -0.4 is 0 Å². The maximum Gasteiger partial charge on any atom is 0.159 e. The first-order valence-corrected chi connectivity index (χ1v) is 8.37. The molecule has 0 atom stereocenters. The van der Waals surface area contributed by atoms with E-state index in [4.69, 9.17) is 16.6 Å². The van der Waals surface area contributed by atoms with E-state index in [1.165, 1.54) is 4.88 Å². The van der Waals surface area contributed by atoms with Crippen LogP contribution in [0.1, 0.15) is 28.3 Å². The molecule has 0 amide bonds. The molecule has 7 heteroatoms. The van der Waals surface area contributed by atoms with Crippen molar-refractivity contribution >= 4 is 34.1 Å². The molecule has 0 aliphatic heterocycles. The Kier molecular flexibility index (Phi) is 3.99. The molecule has 0 unspecified atom stereocenters. The molecule has 0 aliphatic carbocycles. The summed E-state index contributed by atoms with van der Waals surface area (Å²) < 4.78 is 4.11. The molecule has 0 fully saturated rings. The first kappa shape index (κ1) is 14.5. The molecule has 0 radical (unpaired) electrons. The van der Waals surface area contributed by atoms with Crippen LogP contribution in [-0.4, -0.2) is 30.2 Å². The molecule has 21 heavy (non-hydrogen) atoms. The lowest BCUT2D eigenvalue weighted by molar-refractivity contribution is 0.686. The van der Waals surface area contributed by atoms with Crippen molar-refractivity contribution in [1.29, 1.82) is 0 Å². The maximum atomic E-state index is 5.93. The molecule has 0 aliphatic rings. The monoisotopic (exact) mass is 323 g/mol. The molecule has 3 aromatic rings. The Hall–Kier alpha value is -1.40. The second-order valence-corrected chi connectivity index (χ2v) is 6.71. The summed E-state index contributed by atoms with van der Waals surface area (Å²) in [6.07, 6.45) is 3.55. The summed E-state index contributed by atoms with van der Waals surface area (Å²) in [4.78, 5) is 10.5. The van der Waals surface area contributed by atoms with Gasteiger partial charge in [0, 0.05) is 30.4 Å². The molecule has 5 nitrogen and oxygen atoms in total. The van der Waals surface area contributed by atoms with Gasteiger partial charge in [0.2, 0.25) is 0 Å². The number of hydrogen-bond donors (Lipinski definition) is 0. The van der Waals surface area contributed by atoms with E-state index in [9.17, 15) is 0 Å². The number of rotatable bonds is 5. The summed E-state index contributed by atoms with van der Waals surface area (Å²) in [5.41, 5.74) is 3.09. The number of fused-ring (bicyclic) bond motifs is 1. The average molecular weight is 324 g/mol. The van der Waals surface area contributed by atoms with Gasteiger partial charge in [0.05, 0.1) is 12.2 Å². The molecular formula is C14H18ClN5S. The van der Waals surface area contributed by atoms with Gasteiger partial charge in [-0.3, -0.25) is 4.68 Å². The molecule has 0 N–H and O–H groups in total. The third kappa shape index (κ3) is 2.58. The van der Waals surface area contributed by atoms with Gasteiger partial charge in [-0.1, -0.05) is 6.92 Å². The zero-order valence-corrected chi connectivity index (χ0v) is 14.0. The highest BCUT2D eigenvalue weighted by Gasteiger charge is 2.19. The fraction of sp³-hybridized carbons (Fsp3) is 0.500. The van der Waals surface area contributed by atoms with Crippen LogP contribution in [0.3, 0.4) is 0 Å². The second kappa shape index (κ2) is 5.77. The predicted molar refractivity (Wildman–Crippen MR) is 86.3 cm³/mol. The van der Waals surface area contributed by atoms with Gasteiger partial charge in [0.25, 0.3) is 0 Å². The van der Waals surface area contributed by atoms with Crippen LogP contribution in [0.2, 0.25) is 0 Å². The van der Waals surface area contributed by atoms with Gasteiger partial charge in [-0.2, -0.15) is 5.10 Å². The van der Waals surface area contributed by atoms with Gasteiger partial charge >= 0.3 is 0 Å². The van der Waals surface area contributed by atoms with Crippen molar-refractivity contribution in [2.75, 3.05) is 5.88 Å². The van der Waals surface area contributed by atoms with Crippen molar-refractivity contribution in [3.63, 3.8) is 0 Å². The Bertz CT molecular complexity index is 770. The lowest BCUT2D eigenvalue weighted by Crippen LogP contribution is -2.09. The largest absolute Gasteiger partial charge is 0.306 e. The third-order valence-electron chi connectivity index (χ3n) is 3.49. The molecule has 0 spiro atoms. The summed E-state index contributed by atoms with van der Waals surface area (Å²) in [7, 11) is 1.97. The van der Waals surface area contributed by atoms with E-state index in [0.717, 1.165) is 47.1 Å². The molecule has 0 saturated heterocycles. The maximum absolute atomic E-state index is 5.93. The summed E-state index contributed by atoms with van der Waals surface area (Å²) in [5, 5.41) is 5.65. The zero-order valence-electron chi connectivity index (χ0n) is 12.4. The van der Waals surface area contributed by atoms with Crippen LogP contribution in [0.5, 0.6) is 0 Å². The van der Waals surface area contributed by atoms with E-state index in [1.54, 1.807) is 11.3 Å². The number of imidazole rings is 1. The molecule has 3 aromatic heterocycles. The van der Waals surface area contributed by atoms with Crippen LogP contribution in [0, 0.1) is 6.92 Å². The van der Waals surface area contributed by atoms with Crippen LogP contribution in [-0.2, 0) is 26.4 Å². The number of thiazole rings is 1. The van der Waals surface area contributed by atoms with Crippen molar-refractivity contribution in [2.24, 2.45) is 7.05 Å². The summed E-state index contributed by atoms with van der Waals surface area (Å²) in [6, 6.07) is 0. The van der Waals surface area contributed by atoms with E-state index in [-0.39, 0.29) is 0 Å². The normalized spacial score (nSPS) is 11.6. The molecule has 0 aromatic carbocycles. The van der Waals surface area contributed by atoms with Gasteiger partial charge in [-0.05, 0) is 13.3 Å². The number of aryl methyl sites for hydroxylation is 4. The van der Waals surface area contributed by atoms with Crippen LogP contribution >= 0.6 is 22.9 Å². The lowest BCUT2D eigenvalue weighted by Gasteiger charge is -2.07. The fourth-order valence-electron chi connectivity index (χ4n) is 2.58. The van der Waals surface area contributed by atoms with Crippen molar-refractivity contribution in [2.45, 2.75) is 33.2 Å². The first-order chi connectivity index (χ1) is 10.1. The molecular weight excluding hydrogens is 306 g/mol. The summed E-state index contributed by atoms with van der Waals surface area (Å²) in [6.45, 7) is 4.90. The van der Waals surface area contributed by atoms with Crippen LogP contribution in [0.4, 0.5) is 0 Å². The summed E-state index contributed by atoms with van der Waals surface area (Å²) >= 11 is 7.65. The number of nitrogens with zero attached hydrogens (tertiary/aromatic N) is 5. The minimum atomic E-state index is 0.565. The van der Waals surface area contributed by atoms with Crippen LogP contribution in [0.15, 0.2) is 6.20 Å². The van der Waals surface area contributed by atoms with Crippen LogP contribution in [0.25, 0.3) is 11.2 Å². The Balaban J connectivity index is 2.13. The van der Waals surface area contributed by atoms with Crippen molar-refractivity contribution < 1.29 is 0 Å². The Morgan fingerprint density at radius 2 is 2.19 bits per heavy atom. The summed E-state index contributed by atoms with van der Waals surface area (Å²) in [5.74, 6) is 1.57. The third-order valence-corrected chi connectivity index (χ3v) is 4.57. The van der Waals surface area contributed by atoms with E-state index in [0.29, 0.717) is 5.88 Å². The van der Waals surface area contributed by atoms with Gasteiger partial charge in [0.15, 0.2) is 5.65 Å². The Labute approximate surface area is 132 Å². The first-order valence-electron chi connectivity index (χ1n) is 7.02. The Morgan fingerprint density at radius 1 is 1.38 bits per heavy atom. The molecule has 3 rings (SSSR count). The zero-order chi connectivity index (χ0) is 15.0. The second-order valence-electron chi connectivity index (χ2n) is 5.01. The van der Waals surface area contributed by atoms with Gasteiger partial charge < -0.3 is 4.57 Å². The van der Waals surface area contributed by atoms with E-state index in [1.807, 2.05) is 17.9 Å². The van der Waals surface area contributed by atoms with E-state index < -0.39 is 0 Å². The number of hydrogen-bond acceptors (Lipinski definition) is 4. The molecule has 0 saturated carbocycles. The van der Waals surface area contributed by atoms with Crippen molar-refractivity contribution in [1.82, 2.24) is 24.3 Å². The quantitative estimate of drug-likeness (QED) is 0.678. The minimum absolute atomic E-state index is 0.565. The number of aromatic nitrogens is 5. The highest BCUT2D eigenvalue weighted by atomic mass is 35.5.